The molecule has 1 fully saturated rings. The van der Waals surface area contributed by atoms with Crippen LogP contribution in [0.2, 0.25) is 0 Å². The summed E-state index contributed by atoms with van der Waals surface area (Å²) < 4.78 is 27.3. The molecule has 146 valence electrons. The van der Waals surface area contributed by atoms with Crippen LogP contribution in [-0.2, 0) is 14.8 Å². The molecule has 0 saturated carbocycles. The first-order valence-corrected chi connectivity index (χ1v) is 11.1. The number of hydrogen-bond donors (Lipinski definition) is 0. The quantitative estimate of drug-likeness (QED) is 0.729. The molecule has 5 nitrogen and oxygen atoms in total. The Hall–Kier alpha value is -1.40. The molecular formula is C20H32N2O3S. The van der Waals surface area contributed by atoms with Crippen molar-refractivity contribution < 1.29 is 13.2 Å². The number of nitrogens with zero attached hydrogens (tertiary/aromatic N) is 2. The number of amides is 1. The summed E-state index contributed by atoms with van der Waals surface area (Å²) >= 11 is 0. The zero-order chi connectivity index (χ0) is 19.3. The van der Waals surface area contributed by atoms with Gasteiger partial charge in [-0.1, -0.05) is 19.4 Å². The van der Waals surface area contributed by atoms with Crippen LogP contribution in [0.5, 0.6) is 0 Å². The molecule has 0 spiro atoms. The number of unbranched alkanes of at least 4 members (excludes halogenated alkanes) is 1. The van der Waals surface area contributed by atoms with Crippen molar-refractivity contribution in [1.82, 2.24) is 9.21 Å². The Bertz CT molecular complexity index is 723. The highest BCUT2D eigenvalue weighted by Crippen LogP contribution is 2.26. The molecule has 1 aliphatic rings. The number of carbonyl (C=O) groups excluding carboxylic acids is 1. The first-order valence-electron chi connectivity index (χ1n) is 9.67. The van der Waals surface area contributed by atoms with Crippen molar-refractivity contribution in [3.05, 3.63) is 29.3 Å². The van der Waals surface area contributed by atoms with Crippen LogP contribution in [0.4, 0.5) is 0 Å². The lowest BCUT2D eigenvalue weighted by molar-refractivity contribution is -0.136. The van der Waals surface area contributed by atoms with Gasteiger partial charge in [0.2, 0.25) is 15.9 Å². The van der Waals surface area contributed by atoms with E-state index < -0.39 is 10.0 Å². The average Bonchev–Trinajstić information content (AvgIpc) is 2.64. The molecule has 26 heavy (non-hydrogen) atoms. The maximum atomic E-state index is 12.9. The van der Waals surface area contributed by atoms with Crippen LogP contribution in [0, 0.1) is 19.8 Å². The van der Waals surface area contributed by atoms with E-state index in [2.05, 4.69) is 6.92 Å². The van der Waals surface area contributed by atoms with Crippen molar-refractivity contribution in [2.75, 3.05) is 26.2 Å². The monoisotopic (exact) mass is 380 g/mol. The molecular weight excluding hydrogens is 348 g/mol. The zero-order valence-electron chi connectivity index (χ0n) is 16.5. The number of piperidine rings is 1. The molecule has 0 bridgehead atoms. The van der Waals surface area contributed by atoms with Gasteiger partial charge in [0, 0.05) is 32.1 Å². The van der Waals surface area contributed by atoms with E-state index in [-0.39, 0.29) is 11.8 Å². The third-order valence-electron chi connectivity index (χ3n) is 5.39. The minimum Gasteiger partial charge on any atom is -0.343 e. The third kappa shape index (κ3) is 4.65. The summed E-state index contributed by atoms with van der Waals surface area (Å²) in [6.45, 7) is 10.4. The SMILES string of the molecule is CCCCN(CC)C(=O)C1CCN(S(=O)(=O)c2ccc(C)c(C)c2)CC1. The van der Waals surface area contributed by atoms with E-state index in [4.69, 9.17) is 0 Å². The van der Waals surface area contributed by atoms with Gasteiger partial charge in [-0.05, 0) is 63.3 Å². The van der Waals surface area contributed by atoms with Crippen LogP contribution in [0.1, 0.15) is 50.7 Å². The van der Waals surface area contributed by atoms with Crippen molar-refractivity contribution in [1.29, 1.82) is 0 Å². The molecule has 1 aromatic rings. The van der Waals surface area contributed by atoms with Gasteiger partial charge < -0.3 is 4.90 Å². The molecule has 1 aliphatic heterocycles. The Morgan fingerprint density at radius 3 is 2.35 bits per heavy atom. The Morgan fingerprint density at radius 1 is 1.15 bits per heavy atom. The van der Waals surface area contributed by atoms with E-state index in [1.54, 1.807) is 12.1 Å². The molecule has 0 aromatic heterocycles. The topological polar surface area (TPSA) is 57.7 Å². The third-order valence-corrected chi connectivity index (χ3v) is 7.29. The second kappa shape index (κ2) is 9.00. The van der Waals surface area contributed by atoms with Gasteiger partial charge in [-0.25, -0.2) is 8.42 Å². The van der Waals surface area contributed by atoms with Crippen LogP contribution in [0.25, 0.3) is 0 Å². The van der Waals surface area contributed by atoms with Crippen molar-refractivity contribution in [3.8, 4) is 0 Å². The van der Waals surface area contributed by atoms with E-state index in [9.17, 15) is 13.2 Å². The summed E-state index contributed by atoms with van der Waals surface area (Å²) in [6, 6.07) is 5.27. The largest absolute Gasteiger partial charge is 0.343 e. The molecule has 0 radical (unpaired) electrons. The lowest BCUT2D eigenvalue weighted by Gasteiger charge is -2.33. The minimum absolute atomic E-state index is 0.0574. The van der Waals surface area contributed by atoms with Crippen molar-refractivity contribution >= 4 is 15.9 Å². The van der Waals surface area contributed by atoms with Crippen LogP contribution in [0.3, 0.4) is 0 Å². The lowest BCUT2D eigenvalue weighted by Crippen LogP contribution is -2.44. The molecule has 6 heteroatoms. The summed E-state index contributed by atoms with van der Waals surface area (Å²) in [5.41, 5.74) is 2.06. The molecule has 1 aromatic carbocycles. The Kier molecular flexibility index (Phi) is 7.24. The number of aryl methyl sites for hydroxylation is 2. The summed E-state index contributed by atoms with van der Waals surface area (Å²) in [4.78, 5) is 15.0. The number of hydrogen-bond acceptors (Lipinski definition) is 3. The normalized spacial score (nSPS) is 16.6. The highest BCUT2D eigenvalue weighted by Gasteiger charge is 2.33. The average molecular weight is 381 g/mol. The van der Waals surface area contributed by atoms with Crippen LogP contribution in [-0.4, -0.2) is 49.7 Å². The van der Waals surface area contributed by atoms with Gasteiger partial charge in [0.25, 0.3) is 0 Å². The predicted octanol–water partition coefficient (Wildman–Crippen LogP) is 3.35. The van der Waals surface area contributed by atoms with Gasteiger partial charge >= 0.3 is 0 Å². The maximum Gasteiger partial charge on any atom is 0.243 e. The molecule has 0 aliphatic carbocycles. The molecule has 1 heterocycles. The van der Waals surface area contributed by atoms with E-state index in [1.165, 1.54) is 4.31 Å². The molecule has 1 saturated heterocycles. The Morgan fingerprint density at radius 2 is 1.81 bits per heavy atom. The van der Waals surface area contributed by atoms with Crippen LogP contribution < -0.4 is 0 Å². The van der Waals surface area contributed by atoms with E-state index >= 15 is 0 Å². The first-order chi connectivity index (χ1) is 12.3. The van der Waals surface area contributed by atoms with E-state index in [0.717, 1.165) is 37.1 Å². The number of benzene rings is 1. The van der Waals surface area contributed by atoms with Gasteiger partial charge in [-0.3, -0.25) is 4.79 Å². The standard InChI is InChI=1S/C20H32N2O3S/c1-5-7-12-21(6-2)20(23)18-10-13-22(14-11-18)26(24,25)19-9-8-16(3)17(4)15-19/h8-9,15,18H,5-7,10-14H2,1-4H3. The van der Waals surface area contributed by atoms with Gasteiger partial charge in [0.05, 0.1) is 4.90 Å². The Labute approximate surface area is 158 Å². The van der Waals surface area contributed by atoms with Gasteiger partial charge in [-0.2, -0.15) is 4.31 Å². The zero-order valence-corrected chi connectivity index (χ0v) is 17.3. The molecule has 0 unspecified atom stereocenters. The molecule has 1 amide bonds. The number of rotatable bonds is 7. The predicted molar refractivity (Wildman–Crippen MR) is 105 cm³/mol. The summed E-state index contributed by atoms with van der Waals surface area (Å²) in [5.74, 6) is 0.127. The van der Waals surface area contributed by atoms with Crippen LogP contribution in [0.15, 0.2) is 23.1 Å². The number of carbonyl (C=O) groups is 1. The Balaban J connectivity index is 2.02. The maximum absolute atomic E-state index is 12.9. The minimum atomic E-state index is -3.48. The first kappa shape index (κ1) is 20.9. The fraction of sp³-hybridized carbons (Fsp3) is 0.650. The molecule has 2 rings (SSSR count). The highest BCUT2D eigenvalue weighted by molar-refractivity contribution is 7.89. The summed E-state index contributed by atoms with van der Waals surface area (Å²) in [5, 5.41) is 0. The summed E-state index contributed by atoms with van der Waals surface area (Å²) in [6.07, 6.45) is 3.28. The summed E-state index contributed by atoms with van der Waals surface area (Å²) in [7, 11) is -3.48. The van der Waals surface area contributed by atoms with E-state index in [0.29, 0.717) is 30.8 Å². The fourth-order valence-corrected chi connectivity index (χ4v) is 4.95. The molecule has 0 N–H and O–H groups in total. The highest BCUT2D eigenvalue weighted by atomic mass is 32.2. The fourth-order valence-electron chi connectivity index (χ4n) is 3.40. The van der Waals surface area contributed by atoms with Crippen molar-refractivity contribution in [3.63, 3.8) is 0 Å². The van der Waals surface area contributed by atoms with Crippen LogP contribution >= 0.6 is 0 Å². The number of sulfonamides is 1. The van der Waals surface area contributed by atoms with E-state index in [1.807, 2.05) is 31.7 Å². The second-order valence-electron chi connectivity index (χ2n) is 7.20. The van der Waals surface area contributed by atoms with Crippen molar-refractivity contribution in [2.24, 2.45) is 5.92 Å². The van der Waals surface area contributed by atoms with Gasteiger partial charge in [-0.15, -0.1) is 0 Å². The van der Waals surface area contributed by atoms with Gasteiger partial charge in [0.15, 0.2) is 0 Å². The van der Waals surface area contributed by atoms with Crippen molar-refractivity contribution in [2.45, 2.75) is 58.3 Å². The second-order valence-corrected chi connectivity index (χ2v) is 9.13. The van der Waals surface area contributed by atoms with Gasteiger partial charge in [0.1, 0.15) is 0 Å². The lowest BCUT2D eigenvalue weighted by atomic mass is 9.96. The smallest absolute Gasteiger partial charge is 0.243 e. The molecule has 0 atom stereocenters.